The maximum atomic E-state index is 12.7. The van der Waals surface area contributed by atoms with E-state index in [2.05, 4.69) is 4.90 Å². The Morgan fingerprint density at radius 3 is 2.75 bits per heavy atom. The number of carbonyl (C=O) groups excluding carboxylic acids is 1. The van der Waals surface area contributed by atoms with E-state index in [1.54, 1.807) is 0 Å². The molecule has 0 aliphatic carbocycles. The van der Waals surface area contributed by atoms with Gasteiger partial charge in [0.15, 0.2) is 0 Å². The zero-order chi connectivity index (χ0) is 14.5. The summed E-state index contributed by atoms with van der Waals surface area (Å²) in [5.41, 5.74) is 0.935. The maximum Gasteiger partial charge on any atom is 0.244 e. The van der Waals surface area contributed by atoms with Gasteiger partial charge in [-0.2, -0.15) is 0 Å². The summed E-state index contributed by atoms with van der Waals surface area (Å²) in [4.78, 5) is 16.6. The number of β-amino-alcohol motifs (C(OH)–C–C–N with tert-alkyl or cyclic N) is 1. The molecule has 0 radical (unpaired) electrons. The highest BCUT2D eigenvalue weighted by Gasteiger charge is 2.29. The van der Waals surface area contributed by atoms with Crippen LogP contribution in [0.2, 0.25) is 0 Å². The molecule has 1 saturated heterocycles. The summed E-state index contributed by atoms with van der Waals surface area (Å²) in [6.07, 6.45) is 1.50. The third-order valence-corrected chi connectivity index (χ3v) is 3.98. The number of rotatable bonds is 4. The molecule has 0 bridgehead atoms. The molecule has 110 valence electrons. The van der Waals surface area contributed by atoms with Gasteiger partial charge >= 0.3 is 0 Å². The third-order valence-electron chi connectivity index (χ3n) is 3.98. The van der Waals surface area contributed by atoms with Crippen LogP contribution >= 0.6 is 0 Å². The van der Waals surface area contributed by atoms with E-state index < -0.39 is 0 Å². The van der Waals surface area contributed by atoms with Crippen LogP contribution in [-0.4, -0.2) is 47.7 Å². The smallest absolute Gasteiger partial charge is 0.244 e. The molecule has 1 aliphatic rings. The summed E-state index contributed by atoms with van der Waals surface area (Å²) >= 11 is 0. The Morgan fingerprint density at radius 1 is 1.45 bits per heavy atom. The number of para-hydroxylation sites is 1. The summed E-state index contributed by atoms with van der Waals surface area (Å²) in [7, 11) is 0. The predicted molar refractivity (Wildman–Crippen MR) is 80.7 cm³/mol. The number of aliphatic hydroxyl groups excluding tert-OH is 1. The lowest BCUT2D eigenvalue weighted by atomic mass is 10.1. The first-order valence-electron chi connectivity index (χ1n) is 7.42. The molecule has 0 saturated carbocycles. The number of amides is 1. The highest BCUT2D eigenvalue weighted by Crippen LogP contribution is 2.18. The minimum atomic E-state index is -0.300. The van der Waals surface area contributed by atoms with Gasteiger partial charge in [0.05, 0.1) is 12.1 Å². The first-order chi connectivity index (χ1) is 9.63. The largest absolute Gasteiger partial charge is 0.392 e. The molecule has 4 nitrogen and oxygen atoms in total. The molecule has 1 aromatic rings. The molecule has 0 spiro atoms. The second kappa shape index (κ2) is 6.86. The molecule has 1 heterocycles. The average molecular weight is 276 g/mol. The number of hydrogen-bond acceptors (Lipinski definition) is 3. The zero-order valence-electron chi connectivity index (χ0n) is 12.3. The van der Waals surface area contributed by atoms with Gasteiger partial charge < -0.3 is 10.0 Å². The number of piperidine rings is 1. The summed E-state index contributed by atoms with van der Waals surface area (Å²) in [6.45, 7) is 6.06. The van der Waals surface area contributed by atoms with Crippen LogP contribution in [0.5, 0.6) is 0 Å². The van der Waals surface area contributed by atoms with Crippen molar-refractivity contribution >= 4 is 11.6 Å². The molecule has 1 aliphatic heterocycles. The molecule has 2 rings (SSSR count). The SMILES string of the molecule is CCN(C(=O)C(C)N1CCCC(O)C1)c1ccccc1. The van der Waals surface area contributed by atoms with Gasteiger partial charge in [0.2, 0.25) is 5.91 Å². The van der Waals surface area contributed by atoms with Gasteiger partial charge in [0.1, 0.15) is 0 Å². The first-order valence-corrected chi connectivity index (χ1v) is 7.42. The number of anilines is 1. The predicted octanol–water partition coefficient (Wildman–Crippen LogP) is 1.88. The zero-order valence-corrected chi connectivity index (χ0v) is 12.3. The van der Waals surface area contributed by atoms with Crippen LogP contribution in [0.25, 0.3) is 0 Å². The fourth-order valence-corrected chi connectivity index (χ4v) is 2.79. The van der Waals surface area contributed by atoms with Crippen LogP contribution in [0.1, 0.15) is 26.7 Å². The number of carbonyl (C=O) groups is 1. The van der Waals surface area contributed by atoms with Crippen LogP contribution < -0.4 is 4.90 Å². The molecule has 1 amide bonds. The molecule has 1 aromatic carbocycles. The highest BCUT2D eigenvalue weighted by molar-refractivity contribution is 5.96. The third kappa shape index (κ3) is 3.38. The Bertz CT molecular complexity index is 435. The van der Waals surface area contributed by atoms with Crippen LogP contribution in [0, 0.1) is 0 Å². The van der Waals surface area contributed by atoms with Crippen molar-refractivity contribution in [3.8, 4) is 0 Å². The first kappa shape index (κ1) is 15.0. The lowest BCUT2D eigenvalue weighted by Gasteiger charge is -2.36. The Balaban J connectivity index is 2.08. The second-order valence-electron chi connectivity index (χ2n) is 5.39. The van der Waals surface area contributed by atoms with E-state index in [1.165, 1.54) is 0 Å². The van der Waals surface area contributed by atoms with Gasteiger partial charge in [-0.25, -0.2) is 0 Å². The Kier molecular flexibility index (Phi) is 5.15. The molecular formula is C16H24N2O2. The van der Waals surface area contributed by atoms with E-state index >= 15 is 0 Å². The van der Waals surface area contributed by atoms with Gasteiger partial charge in [-0.1, -0.05) is 18.2 Å². The minimum absolute atomic E-state index is 0.104. The second-order valence-corrected chi connectivity index (χ2v) is 5.39. The lowest BCUT2D eigenvalue weighted by Crippen LogP contribution is -2.51. The monoisotopic (exact) mass is 276 g/mol. The summed E-state index contributed by atoms with van der Waals surface area (Å²) in [5.74, 6) is 0.104. The van der Waals surface area contributed by atoms with Gasteiger partial charge in [-0.3, -0.25) is 9.69 Å². The van der Waals surface area contributed by atoms with E-state index in [0.717, 1.165) is 25.1 Å². The summed E-state index contributed by atoms with van der Waals surface area (Å²) in [6, 6.07) is 9.57. The fourth-order valence-electron chi connectivity index (χ4n) is 2.79. The lowest BCUT2D eigenvalue weighted by molar-refractivity contribution is -0.124. The van der Waals surface area contributed by atoms with Crippen molar-refractivity contribution in [2.75, 3.05) is 24.5 Å². The molecule has 0 aromatic heterocycles. The van der Waals surface area contributed by atoms with E-state index in [-0.39, 0.29) is 18.1 Å². The molecular weight excluding hydrogens is 252 g/mol. The average Bonchev–Trinajstić information content (AvgIpc) is 2.48. The number of likely N-dealkylation sites (tertiary alicyclic amines) is 1. The summed E-state index contributed by atoms with van der Waals surface area (Å²) in [5, 5.41) is 9.76. The highest BCUT2D eigenvalue weighted by atomic mass is 16.3. The van der Waals surface area contributed by atoms with Crippen molar-refractivity contribution in [2.45, 2.75) is 38.8 Å². The molecule has 20 heavy (non-hydrogen) atoms. The molecule has 2 atom stereocenters. The van der Waals surface area contributed by atoms with Crippen LogP contribution in [0.3, 0.4) is 0 Å². The van der Waals surface area contributed by atoms with Gasteiger partial charge in [0, 0.05) is 18.8 Å². The minimum Gasteiger partial charge on any atom is -0.392 e. The van der Waals surface area contributed by atoms with Crippen LogP contribution in [0.4, 0.5) is 5.69 Å². The van der Waals surface area contributed by atoms with E-state index in [1.807, 2.05) is 49.1 Å². The normalized spacial score (nSPS) is 21.4. The molecule has 4 heteroatoms. The molecule has 1 fully saturated rings. The van der Waals surface area contributed by atoms with Crippen LogP contribution in [0.15, 0.2) is 30.3 Å². The fraction of sp³-hybridized carbons (Fsp3) is 0.562. The van der Waals surface area contributed by atoms with Crippen LogP contribution in [-0.2, 0) is 4.79 Å². The van der Waals surface area contributed by atoms with Crippen molar-refractivity contribution < 1.29 is 9.90 Å². The Hall–Kier alpha value is -1.39. The Labute approximate surface area is 121 Å². The number of likely N-dealkylation sites (N-methyl/N-ethyl adjacent to an activating group) is 1. The molecule has 1 N–H and O–H groups in total. The van der Waals surface area contributed by atoms with E-state index in [4.69, 9.17) is 0 Å². The van der Waals surface area contributed by atoms with Gasteiger partial charge in [-0.15, -0.1) is 0 Å². The van der Waals surface area contributed by atoms with Crippen molar-refractivity contribution in [1.82, 2.24) is 4.90 Å². The quantitative estimate of drug-likeness (QED) is 0.913. The van der Waals surface area contributed by atoms with E-state index in [9.17, 15) is 9.90 Å². The number of aliphatic hydroxyl groups is 1. The van der Waals surface area contributed by atoms with Crippen molar-refractivity contribution in [1.29, 1.82) is 0 Å². The topological polar surface area (TPSA) is 43.8 Å². The standard InChI is InChI=1S/C16H24N2O2/c1-3-18(14-8-5-4-6-9-14)16(20)13(2)17-11-7-10-15(19)12-17/h4-6,8-9,13,15,19H,3,7,10-12H2,1-2H3. The number of nitrogens with zero attached hydrogens (tertiary/aromatic N) is 2. The maximum absolute atomic E-state index is 12.7. The summed E-state index contributed by atoms with van der Waals surface area (Å²) < 4.78 is 0. The van der Waals surface area contributed by atoms with Crippen molar-refractivity contribution in [3.63, 3.8) is 0 Å². The van der Waals surface area contributed by atoms with Crippen molar-refractivity contribution in [2.24, 2.45) is 0 Å². The molecule has 2 unspecified atom stereocenters. The Morgan fingerprint density at radius 2 is 2.15 bits per heavy atom. The van der Waals surface area contributed by atoms with Gasteiger partial charge in [-0.05, 0) is 45.4 Å². The van der Waals surface area contributed by atoms with E-state index in [0.29, 0.717) is 13.1 Å². The van der Waals surface area contributed by atoms with Gasteiger partial charge in [0.25, 0.3) is 0 Å². The number of hydrogen-bond donors (Lipinski definition) is 1. The van der Waals surface area contributed by atoms with Crippen molar-refractivity contribution in [3.05, 3.63) is 30.3 Å². The number of benzene rings is 1.